The predicted molar refractivity (Wildman–Crippen MR) is 123 cm³/mol. The minimum Gasteiger partial charge on any atom is -0.311 e. The fraction of sp³-hybridized carbons (Fsp3) is 0.333. The van der Waals surface area contributed by atoms with Gasteiger partial charge in [-0.25, -0.2) is 0 Å². The number of anilines is 3. The van der Waals surface area contributed by atoms with Crippen molar-refractivity contribution >= 4 is 17.1 Å². The van der Waals surface area contributed by atoms with Crippen molar-refractivity contribution in [2.24, 2.45) is 11.3 Å². The number of rotatable bonds is 6. The first-order valence-corrected chi connectivity index (χ1v) is 10.4. The van der Waals surface area contributed by atoms with Gasteiger partial charge >= 0.3 is 0 Å². The Kier molecular flexibility index (Phi) is 6.24. The molecule has 28 heavy (non-hydrogen) atoms. The summed E-state index contributed by atoms with van der Waals surface area (Å²) in [5.41, 5.74) is 5.24. The third-order valence-corrected chi connectivity index (χ3v) is 5.33. The second-order valence-corrected chi connectivity index (χ2v) is 9.15. The molecular formula is C27H33N. The van der Waals surface area contributed by atoms with E-state index in [1.165, 1.54) is 29.0 Å². The van der Waals surface area contributed by atoms with Crippen LogP contribution in [0.15, 0.2) is 84.9 Å². The first-order valence-electron chi connectivity index (χ1n) is 10.4. The Morgan fingerprint density at radius 1 is 0.643 bits per heavy atom. The predicted octanol–water partition coefficient (Wildman–Crippen LogP) is 8.33. The monoisotopic (exact) mass is 371 g/mol. The lowest BCUT2D eigenvalue weighted by Crippen LogP contribution is -2.20. The van der Waals surface area contributed by atoms with Crippen LogP contribution in [0.1, 0.15) is 52.5 Å². The molecule has 0 fully saturated rings. The summed E-state index contributed by atoms with van der Waals surface area (Å²) in [6, 6.07) is 30.4. The number of hydrogen-bond acceptors (Lipinski definition) is 1. The van der Waals surface area contributed by atoms with Crippen LogP contribution in [-0.4, -0.2) is 0 Å². The normalized spacial score (nSPS) is 12.8. The van der Waals surface area contributed by atoms with Crippen LogP contribution < -0.4 is 4.90 Å². The van der Waals surface area contributed by atoms with Crippen LogP contribution in [-0.2, 0) is 0 Å². The van der Waals surface area contributed by atoms with Crippen molar-refractivity contribution in [3.05, 3.63) is 90.5 Å². The van der Waals surface area contributed by atoms with Crippen molar-refractivity contribution in [1.29, 1.82) is 0 Å². The summed E-state index contributed by atoms with van der Waals surface area (Å²) < 4.78 is 0. The zero-order valence-electron chi connectivity index (χ0n) is 17.9. The highest BCUT2D eigenvalue weighted by atomic mass is 15.1. The quantitative estimate of drug-likeness (QED) is 0.421. The molecule has 146 valence electrons. The molecule has 1 atom stereocenters. The molecule has 0 spiro atoms. The second-order valence-electron chi connectivity index (χ2n) is 9.15. The molecule has 0 aliphatic heterocycles. The molecule has 0 amide bonds. The minimum absolute atomic E-state index is 0.254. The van der Waals surface area contributed by atoms with E-state index in [-0.39, 0.29) is 5.41 Å². The molecule has 3 aromatic rings. The van der Waals surface area contributed by atoms with Gasteiger partial charge < -0.3 is 4.90 Å². The molecule has 0 aromatic heterocycles. The van der Waals surface area contributed by atoms with Gasteiger partial charge in [0.2, 0.25) is 0 Å². The van der Waals surface area contributed by atoms with Gasteiger partial charge in [-0.15, -0.1) is 0 Å². The maximum Gasteiger partial charge on any atom is 0.0461 e. The van der Waals surface area contributed by atoms with E-state index >= 15 is 0 Å². The molecule has 0 radical (unpaired) electrons. The molecule has 1 nitrogen and oxygen atoms in total. The first-order chi connectivity index (χ1) is 13.4. The smallest absolute Gasteiger partial charge is 0.0461 e. The van der Waals surface area contributed by atoms with E-state index in [0.29, 0.717) is 11.8 Å². The Hall–Kier alpha value is -2.54. The molecule has 1 heteroatoms. The van der Waals surface area contributed by atoms with Crippen LogP contribution in [0.3, 0.4) is 0 Å². The minimum atomic E-state index is 0.254. The molecule has 0 aliphatic rings. The van der Waals surface area contributed by atoms with Crippen molar-refractivity contribution in [1.82, 2.24) is 0 Å². The lowest BCUT2D eigenvalue weighted by molar-refractivity contribution is 0.280. The van der Waals surface area contributed by atoms with Gasteiger partial charge in [-0.3, -0.25) is 0 Å². The fourth-order valence-electron chi connectivity index (χ4n) is 3.92. The number of benzene rings is 3. The van der Waals surface area contributed by atoms with Gasteiger partial charge in [0.05, 0.1) is 0 Å². The Labute approximate surface area is 171 Å². The van der Waals surface area contributed by atoms with Gasteiger partial charge in [0.1, 0.15) is 0 Å². The standard InChI is InChI=1S/C27H33N/c1-21(2)20-26(27(3,4)5)22-16-18-25(19-17-22)28(23-12-8-6-9-13-23)24-14-10-7-11-15-24/h6-19,21,26H,20H2,1-5H3. The van der Waals surface area contributed by atoms with Gasteiger partial charge in [0.25, 0.3) is 0 Å². The molecule has 3 aromatic carbocycles. The molecule has 0 bridgehead atoms. The van der Waals surface area contributed by atoms with Crippen LogP contribution >= 0.6 is 0 Å². The Morgan fingerprint density at radius 3 is 1.46 bits per heavy atom. The summed E-state index contributed by atoms with van der Waals surface area (Å²) in [7, 11) is 0. The topological polar surface area (TPSA) is 3.24 Å². The van der Waals surface area contributed by atoms with Crippen molar-refractivity contribution in [2.45, 2.75) is 47.0 Å². The average Bonchev–Trinajstić information content (AvgIpc) is 2.68. The van der Waals surface area contributed by atoms with E-state index in [0.717, 1.165) is 0 Å². The lowest BCUT2D eigenvalue weighted by atomic mass is 9.72. The van der Waals surface area contributed by atoms with Crippen molar-refractivity contribution < 1.29 is 0 Å². The van der Waals surface area contributed by atoms with Crippen LogP contribution in [0, 0.1) is 11.3 Å². The molecule has 0 saturated heterocycles. The van der Waals surface area contributed by atoms with Crippen LogP contribution in [0.2, 0.25) is 0 Å². The van der Waals surface area contributed by atoms with Crippen molar-refractivity contribution in [3.63, 3.8) is 0 Å². The molecule has 1 unspecified atom stereocenters. The van der Waals surface area contributed by atoms with Crippen molar-refractivity contribution in [3.8, 4) is 0 Å². The third-order valence-electron chi connectivity index (χ3n) is 5.33. The highest BCUT2D eigenvalue weighted by Gasteiger charge is 2.27. The summed E-state index contributed by atoms with van der Waals surface area (Å²) in [5, 5.41) is 0. The number of para-hydroxylation sites is 2. The first kappa shape index (κ1) is 20.2. The van der Waals surface area contributed by atoms with Gasteiger partial charge in [-0.05, 0) is 65.6 Å². The Balaban J connectivity index is 1.99. The Bertz CT molecular complexity index is 803. The van der Waals surface area contributed by atoms with E-state index in [1.807, 2.05) is 0 Å². The number of nitrogens with zero attached hydrogens (tertiary/aromatic N) is 1. The second kappa shape index (κ2) is 8.65. The summed E-state index contributed by atoms with van der Waals surface area (Å²) >= 11 is 0. The summed E-state index contributed by atoms with van der Waals surface area (Å²) in [5.74, 6) is 1.25. The van der Waals surface area contributed by atoms with E-state index in [2.05, 4.69) is 124 Å². The molecule has 3 rings (SSSR count). The summed E-state index contributed by atoms with van der Waals surface area (Å²) in [6.07, 6.45) is 1.21. The average molecular weight is 372 g/mol. The molecule has 0 saturated carbocycles. The highest BCUT2D eigenvalue weighted by Crippen LogP contribution is 2.41. The van der Waals surface area contributed by atoms with E-state index in [9.17, 15) is 0 Å². The molecule has 0 heterocycles. The fourth-order valence-corrected chi connectivity index (χ4v) is 3.92. The van der Waals surface area contributed by atoms with E-state index < -0.39 is 0 Å². The van der Waals surface area contributed by atoms with E-state index in [4.69, 9.17) is 0 Å². The van der Waals surface area contributed by atoms with Gasteiger partial charge in [-0.1, -0.05) is 83.1 Å². The lowest BCUT2D eigenvalue weighted by Gasteiger charge is -2.33. The third kappa shape index (κ3) is 4.84. The van der Waals surface area contributed by atoms with Crippen LogP contribution in [0.4, 0.5) is 17.1 Å². The van der Waals surface area contributed by atoms with Gasteiger partial charge in [-0.2, -0.15) is 0 Å². The summed E-state index contributed by atoms with van der Waals surface area (Å²) in [6.45, 7) is 11.7. The summed E-state index contributed by atoms with van der Waals surface area (Å²) in [4.78, 5) is 2.32. The maximum atomic E-state index is 2.36. The van der Waals surface area contributed by atoms with Crippen LogP contribution in [0.5, 0.6) is 0 Å². The molecule has 0 N–H and O–H groups in total. The largest absolute Gasteiger partial charge is 0.311 e. The van der Waals surface area contributed by atoms with Crippen molar-refractivity contribution in [2.75, 3.05) is 4.90 Å². The zero-order valence-corrected chi connectivity index (χ0v) is 17.9. The molecular weight excluding hydrogens is 338 g/mol. The van der Waals surface area contributed by atoms with E-state index in [1.54, 1.807) is 0 Å². The van der Waals surface area contributed by atoms with Gasteiger partial charge in [0.15, 0.2) is 0 Å². The van der Waals surface area contributed by atoms with Gasteiger partial charge in [0, 0.05) is 17.1 Å². The highest BCUT2D eigenvalue weighted by molar-refractivity contribution is 5.76. The zero-order chi connectivity index (χ0) is 20.1. The molecule has 0 aliphatic carbocycles. The maximum absolute atomic E-state index is 2.36. The SMILES string of the molecule is CC(C)CC(c1ccc(N(c2ccccc2)c2ccccc2)cc1)C(C)(C)C. The Morgan fingerprint density at radius 2 is 1.07 bits per heavy atom. The van der Waals surface area contributed by atoms with Crippen LogP contribution in [0.25, 0.3) is 0 Å². The number of hydrogen-bond donors (Lipinski definition) is 0.